The number of azide groups is 1. The minimum atomic E-state index is -0.402. The van der Waals surface area contributed by atoms with Crippen LogP contribution in [-0.4, -0.2) is 18.6 Å². The largest absolute Gasteiger partial charge is 0.299 e. The highest BCUT2D eigenvalue weighted by Gasteiger charge is 2.37. The van der Waals surface area contributed by atoms with Crippen LogP contribution in [0.1, 0.15) is 39.5 Å². The molecule has 0 heterocycles. The standard InChI is InChI=1S/C11H19N5/c1-10(2)3-5-11(9-12,6-4-10)14-7-8-15-16-13/h14H,3-8H2,1-2H3. The summed E-state index contributed by atoms with van der Waals surface area (Å²) in [5.74, 6) is 0. The SMILES string of the molecule is CC1(C)CCC(C#N)(NCCN=[N+]=[N-])CC1. The highest BCUT2D eigenvalue weighted by atomic mass is 15.1. The Balaban J connectivity index is 2.47. The van der Waals surface area contributed by atoms with Gasteiger partial charge in [0, 0.05) is 18.0 Å². The van der Waals surface area contributed by atoms with Gasteiger partial charge in [0.05, 0.1) is 6.07 Å². The van der Waals surface area contributed by atoms with Crippen LogP contribution >= 0.6 is 0 Å². The zero-order valence-electron chi connectivity index (χ0n) is 10.0. The molecule has 5 heteroatoms. The summed E-state index contributed by atoms with van der Waals surface area (Å²) < 4.78 is 0. The molecule has 16 heavy (non-hydrogen) atoms. The van der Waals surface area contributed by atoms with Gasteiger partial charge < -0.3 is 0 Å². The molecule has 0 aromatic carbocycles. The number of rotatable bonds is 4. The second kappa shape index (κ2) is 5.20. The maximum absolute atomic E-state index is 9.25. The van der Waals surface area contributed by atoms with E-state index in [9.17, 15) is 5.26 Å². The molecule has 88 valence electrons. The summed E-state index contributed by atoms with van der Waals surface area (Å²) in [6.07, 6.45) is 3.89. The first-order valence-electron chi connectivity index (χ1n) is 5.71. The number of hydrogen-bond donors (Lipinski definition) is 1. The normalized spacial score (nSPS) is 21.8. The molecule has 0 spiro atoms. The van der Waals surface area contributed by atoms with E-state index in [4.69, 9.17) is 5.53 Å². The molecular weight excluding hydrogens is 202 g/mol. The smallest absolute Gasteiger partial charge is 0.106 e. The van der Waals surface area contributed by atoms with Crippen molar-refractivity contribution in [1.29, 1.82) is 5.26 Å². The van der Waals surface area contributed by atoms with E-state index in [1.807, 2.05) is 0 Å². The van der Waals surface area contributed by atoms with Crippen LogP contribution in [0.5, 0.6) is 0 Å². The predicted octanol–water partition coefficient (Wildman–Crippen LogP) is 2.75. The minimum absolute atomic E-state index is 0.354. The van der Waals surface area contributed by atoms with Gasteiger partial charge in [0.15, 0.2) is 0 Å². The average molecular weight is 221 g/mol. The Morgan fingerprint density at radius 1 is 1.38 bits per heavy atom. The van der Waals surface area contributed by atoms with Crippen LogP contribution in [0, 0.1) is 16.7 Å². The summed E-state index contributed by atoms with van der Waals surface area (Å²) in [5.41, 5.74) is 8.11. The van der Waals surface area contributed by atoms with Crippen LogP contribution in [0.2, 0.25) is 0 Å². The lowest BCUT2D eigenvalue weighted by molar-refractivity contribution is 0.172. The Morgan fingerprint density at radius 3 is 2.50 bits per heavy atom. The quantitative estimate of drug-likeness (QED) is 0.342. The third-order valence-electron chi connectivity index (χ3n) is 3.41. The van der Waals surface area contributed by atoms with Gasteiger partial charge in [-0.3, -0.25) is 5.32 Å². The lowest BCUT2D eigenvalue weighted by Crippen LogP contribution is -2.48. The molecule has 0 saturated heterocycles. The van der Waals surface area contributed by atoms with Gasteiger partial charge in [-0.05, 0) is 36.6 Å². The maximum atomic E-state index is 9.25. The number of nitriles is 1. The van der Waals surface area contributed by atoms with Gasteiger partial charge in [0.2, 0.25) is 0 Å². The molecular formula is C11H19N5. The predicted molar refractivity (Wildman–Crippen MR) is 62.6 cm³/mol. The van der Waals surface area contributed by atoms with E-state index in [0.29, 0.717) is 18.5 Å². The molecule has 1 fully saturated rings. The lowest BCUT2D eigenvalue weighted by Gasteiger charge is -2.39. The maximum Gasteiger partial charge on any atom is 0.106 e. The first-order valence-corrected chi connectivity index (χ1v) is 5.71. The van der Waals surface area contributed by atoms with Crippen molar-refractivity contribution in [2.24, 2.45) is 10.5 Å². The molecule has 0 radical (unpaired) electrons. The molecule has 0 atom stereocenters. The number of nitrogens with one attached hydrogen (secondary N) is 1. The van der Waals surface area contributed by atoms with E-state index in [1.54, 1.807) is 0 Å². The molecule has 0 aliphatic heterocycles. The first-order chi connectivity index (χ1) is 7.54. The zero-order valence-corrected chi connectivity index (χ0v) is 10.0. The van der Waals surface area contributed by atoms with E-state index >= 15 is 0 Å². The molecule has 1 saturated carbocycles. The van der Waals surface area contributed by atoms with Crippen LogP contribution in [0.3, 0.4) is 0 Å². The van der Waals surface area contributed by atoms with E-state index in [-0.39, 0.29) is 0 Å². The van der Waals surface area contributed by atoms with E-state index in [1.165, 1.54) is 0 Å². The van der Waals surface area contributed by atoms with Crippen LogP contribution in [0.4, 0.5) is 0 Å². The zero-order chi connectivity index (χ0) is 12.1. The summed E-state index contributed by atoms with van der Waals surface area (Å²) in [4.78, 5) is 2.69. The molecule has 0 aromatic heterocycles. The number of hydrogen-bond acceptors (Lipinski definition) is 3. The Hall–Kier alpha value is -1.24. The molecule has 0 amide bonds. The lowest BCUT2D eigenvalue weighted by atomic mass is 9.70. The van der Waals surface area contributed by atoms with Gasteiger partial charge >= 0.3 is 0 Å². The molecule has 0 bridgehead atoms. The average Bonchev–Trinajstić information content (AvgIpc) is 2.27. The Kier molecular flexibility index (Phi) is 4.17. The van der Waals surface area contributed by atoms with Gasteiger partial charge in [0.1, 0.15) is 5.54 Å². The van der Waals surface area contributed by atoms with Crippen LogP contribution in [0.15, 0.2) is 5.11 Å². The van der Waals surface area contributed by atoms with Crippen LogP contribution < -0.4 is 5.32 Å². The highest BCUT2D eigenvalue weighted by molar-refractivity contribution is 5.10. The third kappa shape index (κ3) is 3.41. The van der Waals surface area contributed by atoms with Gasteiger partial charge in [-0.25, -0.2) is 0 Å². The second-order valence-electron chi connectivity index (χ2n) is 5.24. The first kappa shape index (κ1) is 12.8. The molecule has 1 aliphatic rings. The van der Waals surface area contributed by atoms with Crippen molar-refractivity contribution in [2.75, 3.05) is 13.1 Å². The summed E-state index contributed by atoms with van der Waals surface area (Å²) in [6, 6.07) is 2.39. The molecule has 1 N–H and O–H groups in total. The molecule has 1 rings (SSSR count). The Labute approximate surface area is 96.5 Å². The van der Waals surface area contributed by atoms with Gasteiger partial charge in [-0.1, -0.05) is 19.0 Å². The fourth-order valence-corrected chi connectivity index (χ4v) is 2.07. The van der Waals surface area contributed by atoms with Crippen molar-refractivity contribution in [3.8, 4) is 6.07 Å². The third-order valence-corrected chi connectivity index (χ3v) is 3.41. The number of nitrogens with zero attached hydrogens (tertiary/aromatic N) is 4. The summed E-state index contributed by atoms with van der Waals surface area (Å²) in [7, 11) is 0. The molecule has 1 aliphatic carbocycles. The molecule has 0 aromatic rings. The van der Waals surface area contributed by atoms with E-state index in [0.717, 1.165) is 25.7 Å². The molecule has 5 nitrogen and oxygen atoms in total. The summed E-state index contributed by atoms with van der Waals surface area (Å²) >= 11 is 0. The van der Waals surface area contributed by atoms with E-state index < -0.39 is 5.54 Å². The molecule has 0 unspecified atom stereocenters. The Morgan fingerprint density at radius 2 is 2.00 bits per heavy atom. The summed E-state index contributed by atoms with van der Waals surface area (Å²) in [6.45, 7) is 5.48. The fourth-order valence-electron chi connectivity index (χ4n) is 2.07. The second-order valence-corrected chi connectivity index (χ2v) is 5.24. The fraction of sp³-hybridized carbons (Fsp3) is 0.909. The van der Waals surface area contributed by atoms with Crippen molar-refractivity contribution < 1.29 is 0 Å². The summed E-state index contributed by atoms with van der Waals surface area (Å²) in [5, 5.41) is 15.9. The highest BCUT2D eigenvalue weighted by Crippen LogP contribution is 2.39. The van der Waals surface area contributed by atoms with E-state index in [2.05, 4.69) is 35.3 Å². The monoisotopic (exact) mass is 221 g/mol. The topological polar surface area (TPSA) is 84.6 Å². The van der Waals surface area contributed by atoms with Gasteiger partial charge in [0.25, 0.3) is 0 Å². The van der Waals surface area contributed by atoms with Crippen LogP contribution in [0.25, 0.3) is 10.4 Å². The van der Waals surface area contributed by atoms with Crippen molar-refractivity contribution in [3.05, 3.63) is 10.4 Å². The van der Waals surface area contributed by atoms with Crippen molar-refractivity contribution in [1.82, 2.24) is 5.32 Å². The van der Waals surface area contributed by atoms with Crippen LogP contribution in [-0.2, 0) is 0 Å². The van der Waals surface area contributed by atoms with Crippen molar-refractivity contribution in [2.45, 2.75) is 45.1 Å². The van der Waals surface area contributed by atoms with Gasteiger partial charge in [-0.15, -0.1) is 0 Å². The Bertz CT molecular complexity index is 312. The van der Waals surface area contributed by atoms with Crippen molar-refractivity contribution >= 4 is 0 Å². The van der Waals surface area contributed by atoms with Crippen molar-refractivity contribution in [3.63, 3.8) is 0 Å². The minimum Gasteiger partial charge on any atom is -0.299 e. The van der Waals surface area contributed by atoms with Gasteiger partial charge in [-0.2, -0.15) is 5.26 Å².